The maximum atomic E-state index is 13.3. The van der Waals surface area contributed by atoms with Gasteiger partial charge in [-0.2, -0.15) is 13.2 Å². The van der Waals surface area contributed by atoms with Gasteiger partial charge in [0, 0.05) is 32.8 Å². The average molecular weight is 433 g/mol. The van der Waals surface area contributed by atoms with E-state index in [1.54, 1.807) is 17.0 Å². The molecule has 2 aromatic carbocycles. The summed E-state index contributed by atoms with van der Waals surface area (Å²) in [6.45, 7) is 3.36. The van der Waals surface area contributed by atoms with E-state index in [4.69, 9.17) is 9.47 Å². The minimum atomic E-state index is -4.48. The smallest absolute Gasteiger partial charge is 0.416 e. The molecule has 1 saturated heterocycles. The first-order valence-electron chi connectivity index (χ1n) is 9.88. The van der Waals surface area contributed by atoms with Crippen LogP contribution >= 0.6 is 0 Å². The van der Waals surface area contributed by atoms with Crippen LogP contribution in [0.1, 0.15) is 18.1 Å². The molecular formula is C22H22F3N3O3. The Hall–Kier alpha value is -3.07. The monoisotopic (exact) mass is 433 g/mol. The molecule has 1 amide bonds. The first-order valence-corrected chi connectivity index (χ1v) is 9.88. The third-order valence-electron chi connectivity index (χ3n) is 5.38. The summed E-state index contributed by atoms with van der Waals surface area (Å²) in [6, 6.07) is 10.4. The Morgan fingerprint density at radius 1 is 1.19 bits per heavy atom. The molecule has 0 bridgehead atoms. The van der Waals surface area contributed by atoms with E-state index in [1.807, 2.05) is 24.0 Å². The summed E-state index contributed by atoms with van der Waals surface area (Å²) in [7, 11) is 1.47. The van der Waals surface area contributed by atoms with Crippen molar-refractivity contribution in [2.24, 2.45) is 4.99 Å². The fourth-order valence-corrected chi connectivity index (χ4v) is 3.87. The second-order valence-corrected chi connectivity index (χ2v) is 7.53. The molecule has 164 valence electrons. The minimum absolute atomic E-state index is 0.00948. The van der Waals surface area contributed by atoms with Crippen molar-refractivity contribution in [1.29, 1.82) is 0 Å². The molecule has 9 heteroatoms. The number of ether oxygens (including phenoxy) is 2. The van der Waals surface area contributed by atoms with Gasteiger partial charge in [-0.05, 0) is 37.3 Å². The molecule has 0 saturated carbocycles. The molecule has 0 aliphatic carbocycles. The first kappa shape index (κ1) is 21.2. The van der Waals surface area contributed by atoms with E-state index in [0.717, 1.165) is 12.1 Å². The molecule has 2 aliphatic heterocycles. The molecule has 0 N–H and O–H groups in total. The van der Waals surface area contributed by atoms with Crippen LogP contribution in [0.15, 0.2) is 47.5 Å². The number of amides is 1. The van der Waals surface area contributed by atoms with Crippen molar-refractivity contribution in [2.45, 2.75) is 19.1 Å². The van der Waals surface area contributed by atoms with Gasteiger partial charge < -0.3 is 19.3 Å². The topological polar surface area (TPSA) is 54.4 Å². The summed E-state index contributed by atoms with van der Waals surface area (Å²) in [5.74, 6) is 1.21. The fraction of sp³-hybridized carbons (Fsp3) is 0.364. The normalized spacial score (nSPS) is 18.5. The highest BCUT2D eigenvalue weighted by Crippen LogP contribution is 2.41. The standard InChI is InChI=1S/C22H22F3N3O3/c1-14-12-27(9-10-28(14)20(29)13-30-2)21-16-5-3-4-6-18(16)31-19-8-7-15(22(23,24)25)11-17(19)26-21/h3-8,11,14H,9-10,12-13H2,1-2H3/t14-/m1/s1. The van der Waals surface area contributed by atoms with Gasteiger partial charge in [0.25, 0.3) is 0 Å². The number of amidine groups is 1. The van der Waals surface area contributed by atoms with E-state index in [0.29, 0.717) is 36.8 Å². The number of carbonyl (C=O) groups excluding carboxylic acids is 1. The molecule has 1 fully saturated rings. The Labute approximate surface area is 177 Å². The van der Waals surface area contributed by atoms with Crippen LogP contribution in [0.5, 0.6) is 11.5 Å². The molecule has 0 radical (unpaired) electrons. The Morgan fingerprint density at radius 3 is 2.68 bits per heavy atom. The van der Waals surface area contributed by atoms with Crippen molar-refractivity contribution in [3.63, 3.8) is 0 Å². The van der Waals surface area contributed by atoms with Crippen LogP contribution in [0, 0.1) is 0 Å². The van der Waals surface area contributed by atoms with Crippen molar-refractivity contribution < 1.29 is 27.4 Å². The summed E-state index contributed by atoms with van der Waals surface area (Å²) >= 11 is 0. The number of benzene rings is 2. The van der Waals surface area contributed by atoms with Crippen molar-refractivity contribution in [1.82, 2.24) is 9.80 Å². The van der Waals surface area contributed by atoms with E-state index < -0.39 is 11.7 Å². The fourth-order valence-electron chi connectivity index (χ4n) is 3.87. The quantitative estimate of drug-likeness (QED) is 0.717. The van der Waals surface area contributed by atoms with Gasteiger partial charge in [0.2, 0.25) is 5.91 Å². The van der Waals surface area contributed by atoms with Gasteiger partial charge in [-0.25, -0.2) is 4.99 Å². The van der Waals surface area contributed by atoms with Crippen LogP contribution in [0.25, 0.3) is 0 Å². The molecule has 2 aromatic rings. The highest BCUT2D eigenvalue weighted by atomic mass is 19.4. The molecule has 0 unspecified atom stereocenters. The number of aliphatic imine (C=N–C) groups is 1. The number of carbonyl (C=O) groups is 1. The zero-order valence-electron chi connectivity index (χ0n) is 17.1. The summed E-state index contributed by atoms with van der Waals surface area (Å²) < 4.78 is 50.7. The molecule has 2 heterocycles. The van der Waals surface area contributed by atoms with E-state index in [2.05, 4.69) is 4.99 Å². The van der Waals surface area contributed by atoms with Crippen LogP contribution in [-0.2, 0) is 15.7 Å². The number of hydrogen-bond acceptors (Lipinski definition) is 5. The van der Waals surface area contributed by atoms with Gasteiger partial charge in [0.15, 0.2) is 5.75 Å². The number of methoxy groups -OCH3 is 1. The van der Waals surface area contributed by atoms with Gasteiger partial charge in [-0.15, -0.1) is 0 Å². The van der Waals surface area contributed by atoms with Gasteiger partial charge in [0.05, 0.1) is 11.1 Å². The summed E-state index contributed by atoms with van der Waals surface area (Å²) in [5.41, 5.74) is 0.0231. The predicted molar refractivity (Wildman–Crippen MR) is 109 cm³/mol. The van der Waals surface area contributed by atoms with Crippen LogP contribution in [0.4, 0.5) is 18.9 Å². The lowest BCUT2D eigenvalue weighted by molar-refractivity contribution is -0.139. The molecule has 0 spiro atoms. The predicted octanol–water partition coefficient (Wildman–Crippen LogP) is 4.07. The van der Waals surface area contributed by atoms with E-state index in [9.17, 15) is 18.0 Å². The van der Waals surface area contributed by atoms with E-state index >= 15 is 0 Å². The number of para-hydroxylation sites is 1. The van der Waals surface area contributed by atoms with Crippen molar-refractivity contribution in [2.75, 3.05) is 33.4 Å². The van der Waals surface area contributed by atoms with Crippen molar-refractivity contribution in [3.8, 4) is 11.5 Å². The SMILES string of the molecule is COCC(=O)N1CCN(C2=Nc3cc(C(F)(F)F)ccc3Oc3ccccc32)C[C@H]1C. The highest BCUT2D eigenvalue weighted by Gasteiger charge is 2.34. The summed E-state index contributed by atoms with van der Waals surface area (Å²) in [5, 5.41) is 0. The van der Waals surface area contributed by atoms with Crippen molar-refractivity contribution >= 4 is 17.4 Å². The summed E-state index contributed by atoms with van der Waals surface area (Å²) in [6.07, 6.45) is -4.48. The zero-order valence-corrected chi connectivity index (χ0v) is 17.1. The first-order chi connectivity index (χ1) is 14.8. The molecule has 2 aliphatic rings. The molecule has 1 atom stereocenters. The minimum Gasteiger partial charge on any atom is -0.454 e. The lowest BCUT2D eigenvalue weighted by Crippen LogP contribution is -2.56. The Bertz CT molecular complexity index is 1020. The number of fused-ring (bicyclic) bond motifs is 2. The average Bonchev–Trinajstić information content (AvgIpc) is 2.89. The Morgan fingerprint density at radius 2 is 1.97 bits per heavy atom. The number of hydrogen-bond donors (Lipinski definition) is 0. The largest absolute Gasteiger partial charge is 0.454 e. The summed E-state index contributed by atoms with van der Waals surface area (Å²) in [4.78, 5) is 20.6. The zero-order chi connectivity index (χ0) is 22.2. The third kappa shape index (κ3) is 4.23. The highest BCUT2D eigenvalue weighted by molar-refractivity contribution is 6.04. The van der Waals surface area contributed by atoms with Crippen LogP contribution in [0.3, 0.4) is 0 Å². The third-order valence-corrected chi connectivity index (χ3v) is 5.38. The van der Waals surface area contributed by atoms with Gasteiger partial charge in [0.1, 0.15) is 23.9 Å². The molecule has 4 rings (SSSR count). The lowest BCUT2D eigenvalue weighted by atomic mass is 10.1. The maximum absolute atomic E-state index is 13.3. The molecule has 6 nitrogen and oxygen atoms in total. The number of alkyl halides is 3. The lowest BCUT2D eigenvalue weighted by Gasteiger charge is -2.41. The second kappa shape index (κ2) is 8.22. The molecule has 0 aromatic heterocycles. The molecule has 31 heavy (non-hydrogen) atoms. The van der Waals surface area contributed by atoms with Crippen LogP contribution < -0.4 is 4.74 Å². The molecular weight excluding hydrogens is 411 g/mol. The van der Waals surface area contributed by atoms with Crippen molar-refractivity contribution in [3.05, 3.63) is 53.6 Å². The number of halogens is 3. The van der Waals surface area contributed by atoms with E-state index in [1.165, 1.54) is 13.2 Å². The second-order valence-electron chi connectivity index (χ2n) is 7.53. The Kier molecular flexibility index (Phi) is 5.62. The van der Waals surface area contributed by atoms with E-state index in [-0.39, 0.29) is 30.0 Å². The van der Waals surface area contributed by atoms with Gasteiger partial charge >= 0.3 is 6.18 Å². The van der Waals surface area contributed by atoms with Crippen LogP contribution in [0.2, 0.25) is 0 Å². The number of nitrogens with zero attached hydrogens (tertiary/aromatic N) is 3. The van der Waals surface area contributed by atoms with Gasteiger partial charge in [-0.3, -0.25) is 4.79 Å². The number of piperazine rings is 1. The van der Waals surface area contributed by atoms with Gasteiger partial charge in [-0.1, -0.05) is 12.1 Å². The maximum Gasteiger partial charge on any atom is 0.416 e. The Balaban J connectivity index is 1.72. The number of rotatable bonds is 2. The van der Waals surface area contributed by atoms with Crippen LogP contribution in [-0.4, -0.2) is 60.9 Å².